The molecule has 0 atom stereocenters. The van der Waals surface area contributed by atoms with Crippen LogP contribution in [-0.4, -0.2) is 19.0 Å². The molecule has 1 rings (SSSR count). The van der Waals surface area contributed by atoms with E-state index in [4.69, 9.17) is 0 Å². The highest BCUT2D eigenvalue weighted by molar-refractivity contribution is 5.22. The Hall–Kier alpha value is -0.720. The Balaban J connectivity index is 2.71. The zero-order chi connectivity index (χ0) is 8.27. The molecule has 0 bridgehead atoms. The fourth-order valence-corrected chi connectivity index (χ4v) is 1.36. The third-order valence-corrected chi connectivity index (χ3v) is 2.07. The van der Waals surface area contributed by atoms with Crippen LogP contribution >= 0.6 is 0 Å². The van der Waals surface area contributed by atoms with Gasteiger partial charge in [-0.15, -0.1) is 0 Å². The van der Waals surface area contributed by atoms with Crippen molar-refractivity contribution in [3.8, 4) is 0 Å². The summed E-state index contributed by atoms with van der Waals surface area (Å²) in [6.07, 6.45) is 8.35. The molecule has 0 aromatic heterocycles. The lowest BCUT2D eigenvalue weighted by molar-refractivity contribution is 0.483. The Kier molecular flexibility index (Phi) is 2.75. The maximum atomic E-state index is 2.32. The molecule has 1 heteroatoms. The van der Waals surface area contributed by atoms with E-state index in [-0.39, 0.29) is 0 Å². The summed E-state index contributed by atoms with van der Waals surface area (Å²) < 4.78 is 0. The van der Waals surface area contributed by atoms with Crippen molar-refractivity contribution in [1.29, 1.82) is 0 Å². The molecule has 0 amide bonds. The summed E-state index contributed by atoms with van der Waals surface area (Å²) in [5, 5.41) is 0. The van der Waals surface area contributed by atoms with E-state index in [1.807, 2.05) is 0 Å². The van der Waals surface area contributed by atoms with Crippen LogP contribution in [0, 0.1) is 0 Å². The molecule has 0 unspecified atom stereocenters. The van der Waals surface area contributed by atoms with Crippen LogP contribution in [0.25, 0.3) is 0 Å². The summed E-state index contributed by atoms with van der Waals surface area (Å²) in [5.41, 5.74) is 2.86. The number of allylic oxidation sites excluding steroid dienone is 4. The Labute approximate surface area is 69.4 Å². The van der Waals surface area contributed by atoms with Crippen LogP contribution in [0.2, 0.25) is 0 Å². The lowest BCUT2D eigenvalue weighted by atomic mass is 10.2. The molecule has 0 saturated heterocycles. The highest BCUT2D eigenvalue weighted by Gasteiger charge is 2.02. The second kappa shape index (κ2) is 3.61. The zero-order valence-electron chi connectivity index (χ0n) is 7.72. The second-order valence-electron chi connectivity index (χ2n) is 3.37. The average molecular weight is 151 g/mol. The van der Waals surface area contributed by atoms with E-state index in [0.29, 0.717) is 0 Å². The van der Waals surface area contributed by atoms with Crippen molar-refractivity contribution in [3.63, 3.8) is 0 Å². The fraction of sp³-hybridized carbons (Fsp3) is 0.600. The van der Waals surface area contributed by atoms with Gasteiger partial charge in [0.25, 0.3) is 0 Å². The van der Waals surface area contributed by atoms with Gasteiger partial charge in [-0.2, -0.15) is 0 Å². The maximum absolute atomic E-state index is 2.32. The molecule has 0 aromatic rings. The highest BCUT2D eigenvalue weighted by atomic mass is 15.1. The predicted molar refractivity (Wildman–Crippen MR) is 49.4 cm³/mol. The van der Waals surface area contributed by atoms with Crippen LogP contribution in [-0.2, 0) is 0 Å². The third-order valence-electron chi connectivity index (χ3n) is 2.07. The average Bonchev–Trinajstić information content (AvgIpc) is 2.13. The van der Waals surface area contributed by atoms with Crippen LogP contribution < -0.4 is 0 Å². The summed E-state index contributed by atoms with van der Waals surface area (Å²) in [4.78, 5) is 2.21. The van der Waals surface area contributed by atoms with Crippen molar-refractivity contribution in [2.45, 2.75) is 26.2 Å². The van der Waals surface area contributed by atoms with Gasteiger partial charge in [-0.05, 0) is 32.3 Å². The van der Waals surface area contributed by atoms with Crippen LogP contribution in [0.15, 0.2) is 23.4 Å². The van der Waals surface area contributed by atoms with E-state index in [0.717, 1.165) is 0 Å². The van der Waals surface area contributed by atoms with Gasteiger partial charge in [0.1, 0.15) is 0 Å². The zero-order valence-corrected chi connectivity index (χ0v) is 7.72. The first-order chi connectivity index (χ1) is 5.20. The van der Waals surface area contributed by atoms with Gasteiger partial charge in [0.2, 0.25) is 0 Å². The van der Waals surface area contributed by atoms with Gasteiger partial charge in [0.15, 0.2) is 0 Å². The molecule has 0 spiro atoms. The van der Waals surface area contributed by atoms with Crippen molar-refractivity contribution in [3.05, 3.63) is 23.4 Å². The minimum atomic E-state index is 1.22. The van der Waals surface area contributed by atoms with E-state index in [2.05, 4.69) is 38.1 Å². The summed E-state index contributed by atoms with van der Waals surface area (Å²) in [7, 11) is 4.23. The van der Waals surface area contributed by atoms with Crippen molar-refractivity contribution in [2.24, 2.45) is 0 Å². The lowest BCUT2D eigenvalue weighted by Gasteiger charge is -2.15. The highest BCUT2D eigenvalue weighted by Crippen LogP contribution is 2.17. The third kappa shape index (κ3) is 2.41. The number of hydrogen-bond acceptors (Lipinski definition) is 1. The smallest absolute Gasteiger partial charge is 0.0130 e. The minimum absolute atomic E-state index is 1.22. The van der Waals surface area contributed by atoms with Gasteiger partial charge in [-0.3, -0.25) is 0 Å². The molecule has 62 valence electrons. The fourth-order valence-electron chi connectivity index (χ4n) is 1.36. The summed E-state index contributed by atoms with van der Waals surface area (Å²) in [6.45, 7) is 2.18. The quantitative estimate of drug-likeness (QED) is 0.556. The summed E-state index contributed by atoms with van der Waals surface area (Å²) >= 11 is 0. The van der Waals surface area contributed by atoms with Gasteiger partial charge in [-0.25, -0.2) is 0 Å². The van der Waals surface area contributed by atoms with Gasteiger partial charge >= 0.3 is 0 Å². The molecule has 1 aliphatic carbocycles. The van der Waals surface area contributed by atoms with Crippen LogP contribution in [0.5, 0.6) is 0 Å². The molecule has 11 heavy (non-hydrogen) atoms. The topological polar surface area (TPSA) is 3.24 Å². The van der Waals surface area contributed by atoms with Gasteiger partial charge in [-0.1, -0.05) is 11.6 Å². The van der Waals surface area contributed by atoms with E-state index < -0.39 is 0 Å². The van der Waals surface area contributed by atoms with Crippen LogP contribution in [0.1, 0.15) is 26.2 Å². The van der Waals surface area contributed by atoms with E-state index in [9.17, 15) is 0 Å². The molecule has 0 radical (unpaired) electrons. The molecule has 1 nitrogen and oxygen atoms in total. The van der Waals surface area contributed by atoms with Crippen molar-refractivity contribution < 1.29 is 0 Å². The predicted octanol–water partition coefficient (Wildman–Crippen LogP) is 2.56. The molecule has 1 aliphatic rings. The Bertz CT molecular complexity index is 187. The first-order valence-corrected chi connectivity index (χ1v) is 4.25. The van der Waals surface area contributed by atoms with Crippen LogP contribution in [0.4, 0.5) is 0 Å². The van der Waals surface area contributed by atoms with E-state index in [1.165, 1.54) is 30.5 Å². The largest absolute Gasteiger partial charge is 0.381 e. The first-order valence-electron chi connectivity index (χ1n) is 4.25. The molecule has 0 aliphatic heterocycles. The number of hydrogen-bond donors (Lipinski definition) is 0. The van der Waals surface area contributed by atoms with E-state index >= 15 is 0 Å². The molecular formula is C10H17N. The Morgan fingerprint density at radius 1 is 1.36 bits per heavy atom. The molecule has 0 saturated carbocycles. The van der Waals surface area contributed by atoms with Crippen molar-refractivity contribution >= 4 is 0 Å². The lowest BCUT2D eigenvalue weighted by Crippen LogP contribution is -2.10. The van der Waals surface area contributed by atoms with Gasteiger partial charge < -0.3 is 4.90 Å². The molecule has 0 N–H and O–H groups in total. The van der Waals surface area contributed by atoms with Crippen molar-refractivity contribution in [1.82, 2.24) is 4.90 Å². The van der Waals surface area contributed by atoms with Crippen LogP contribution in [0.3, 0.4) is 0 Å². The SMILES string of the molecule is CC1=CCCCC(N(C)C)=C1. The summed E-state index contributed by atoms with van der Waals surface area (Å²) in [5.74, 6) is 0. The first kappa shape index (κ1) is 8.38. The molecule has 0 aromatic carbocycles. The van der Waals surface area contributed by atoms with Gasteiger partial charge in [0.05, 0.1) is 0 Å². The van der Waals surface area contributed by atoms with Crippen molar-refractivity contribution in [2.75, 3.05) is 14.1 Å². The van der Waals surface area contributed by atoms with E-state index in [1.54, 1.807) is 0 Å². The second-order valence-corrected chi connectivity index (χ2v) is 3.37. The Morgan fingerprint density at radius 3 is 2.73 bits per heavy atom. The minimum Gasteiger partial charge on any atom is -0.381 e. The maximum Gasteiger partial charge on any atom is 0.0130 e. The molecule has 0 fully saturated rings. The normalized spacial score (nSPS) is 18.5. The number of rotatable bonds is 1. The van der Waals surface area contributed by atoms with Gasteiger partial charge in [0, 0.05) is 19.8 Å². The number of nitrogens with zero attached hydrogens (tertiary/aromatic N) is 1. The molecule has 0 heterocycles. The standard InChI is InChI=1S/C10H17N/c1-9-6-4-5-7-10(8-9)11(2)3/h6,8H,4-5,7H2,1-3H3. The monoisotopic (exact) mass is 151 g/mol. The summed E-state index contributed by atoms with van der Waals surface area (Å²) in [6, 6.07) is 0. The Morgan fingerprint density at radius 2 is 2.09 bits per heavy atom. The molecular weight excluding hydrogens is 134 g/mol.